The summed E-state index contributed by atoms with van der Waals surface area (Å²) in [5.41, 5.74) is 7.58. The molecule has 1 aromatic carbocycles. The van der Waals surface area contributed by atoms with Crippen LogP contribution in [0.25, 0.3) is 0 Å². The van der Waals surface area contributed by atoms with Gasteiger partial charge in [0.2, 0.25) is 0 Å². The zero-order valence-corrected chi connectivity index (χ0v) is 12.2. The van der Waals surface area contributed by atoms with Crippen LogP contribution in [-0.2, 0) is 0 Å². The van der Waals surface area contributed by atoms with E-state index in [1.54, 1.807) is 0 Å². The molecular formula is C15H23NOS. The fourth-order valence-electron chi connectivity index (χ4n) is 1.85. The van der Waals surface area contributed by atoms with Crippen molar-refractivity contribution in [1.82, 2.24) is 0 Å². The summed E-state index contributed by atoms with van der Waals surface area (Å²) in [4.78, 5) is 0.434. The van der Waals surface area contributed by atoms with Gasteiger partial charge in [0.25, 0.3) is 0 Å². The molecule has 0 unspecified atom stereocenters. The average molecular weight is 265 g/mol. The van der Waals surface area contributed by atoms with E-state index < -0.39 is 0 Å². The summed E-state index contributed by atoms with van der Waals surface area (Å²) >= 11 is 4.95. The van der Waals surface area contributed by atoms with Gasteiger partial charge in [-0.25, -0.2) is 0 Å². The lowest BCUT2D eigenvalue weighted by atomic mass is 10.1. The van der Waals surface area contributed by atoms with Crippen molar-refractivity contribution in [3.63, 3.8) is 0 Å². The van der Waals surface area contributed by atoms with Crippen molar-refractivity contribution in [1.29, 1.82) is 0 Å². The Kier molecular flexibility index (Phi) is 6.73. The van der Waals surface area contributed by atoms with Gasteiger partial charge >= 0.3 is 0 Å². The minimum atomic E-state index is 0.434. The van der Waals surface area contributed by atoms with Crippen LogP contribution in [0.3, 0.4) is 0 Å². The molecule has 0 bridgehead atoms. The standard InChI is InChI=1S/C15H23NOS/c1-3-4-5-6-7-10-17-14-9-8-13(15(16)18)11-12(14)2/h8-9,11H,3-7,10H2,1-2H3,(H2,16,18). The molecular weight excluding hydrogens is 242 g/mol. The molecule has 2 N–H and O–H groups in total. The zero-order valence-electron chi connectivity index (χ0n) is 11.4. The third kappa shape index (κ3) is 5.05. The number of hydrogen-bond donors (Lipinski definition) is 1. The molecule has 0 aliphatic heterocycles. The fourth-order valence-corrected chi connectivity index (χ4v) is 1.98. The van der Waals surface area contributed by atoms with Gasteiger partial charge in [0, 0.05) is 5.56 Å². The molecule has 0 saturated carbocycles. The molecule has 0 saturated heterocycles. The highest BCUT2D eigenvalue weighted by Gasteiger charge is 2.02. The minimum Gasteiger partial charge on any atom is -0.493 e. The third-order valence-corrected chi connectivity index (χ3v) is 3.20. The number of nitrogens with two attached hydrogens (primary N) is 1. The summed E-state index contributed by atoms with van der Waals surface area (Å²) in [6.07, 6.45) is 6.27. The molecule has 0 heterocycles. The Labute approximate surface area is 116 Å². The molecule has 0 atom stereocenters. The molecule has 0 aliphatic rings. The van der Waals surface area contributed by atoms with Crippen LogP contribution < -0.4 is 10.5 Å². The molecule has 100 valence electrons. The summed E-state index contributed by atoms with van der Waals surface area (Å²) in [6.45, 7) is 5.04. The monoisotopic (exact) mass is 265 g/mol. The minimum absolute atomic E-state index is 0.434. The summed E-state index contributed by atoms with van der Waals surface area (Å²) < 4.78 is 5.77. The maximum absolute atomic E-state index is 5.77. The lowest BCUT2D eigenvalue weighted by molar-refractivity contribution is 0.302. The normalized spacial score (nSPS) is 10.3. The quantitative estimate of drug-likeness (QED) is 0.570. The second-order valence-corrected chi connectivity index (χ2v) is 5.05. The van der Waals surface area contributed by atoms with Crippen LogP contribution in [-0.4, -0.2) is 11.6 Å². The van der Waals surface area contributed by atoms with Crippen LogP contribution in [0.5, 0.6) is 5.75 Å². The van der Waals surface area contributed by atoms with E-state index >= 15 is 0 Å². The van der Waals surface area contributed by atoms with Crippen molar-refractivity contribution in [3.8, 4) is 5.75 Å². The van der Waals surface area contributed by atoms with Crippen LogP contribution in [0.4, 0.5) is 0 Å². The topological polar surface area (TPSA) is 35.2 Å². The van der Waals surface area contributed by atoms with Gasteiger partial charge in [0.15, 0.2) is 0 Å². The lowest BCUT2D eigenvalue weighted by Crippen LogP contribution is -2.09. The van der Waals surface area contributed by atoms with Gasteiger partial charge in [-0.2, -0.15) is 0 Å². The predicted molar refractivity (Wildman–Crippen MR) is 81.3 cm³/mol. The van der Waals surface area contributed by atoms with Crippen molar-refractivity contribution in [3.05, 3.63) is 29.3 Å². The molecule has 0 fully saturated rings. The van der Waals surface area contributed by atoms with E-state index in [-0.39, 0.29) is 0 Å². The average Bonchev–Trinajstić information content (AvgIpc) is 2.35. The van der Waals surface area contributed by atoms with Gasteiger partial charge in [-0.05, 0) is 37.1 Å². The molecule has 0 amide bonds. The smallest absolute Gasteiger partial charge is 0.122 e. The second kappa shape index (κ2) is 8.09. The van der Waals surface area contributed by atoms with Crippen molar-refractivity contribution >= 4 is 17.2 Å². The van der Waals surface area contributed by atoms with E-state index in [4.69, 9.17) is 22.7 Å². The van der Waals surface area contributed by atoms with E-state index in [1.165, 1.54) is 25.7 Å². The van der Waals surface area contributed by atoms with Crippen molar-refractivity contribution in [2.75, 3.05) is 6.61 Å². The van der Waals surface area contributed by atoms with Crippen LogP contribution in [0.2, 0.25) is 0 Å². The Morgan fingerprint density at radius 1 is 1.22 bits per heavy atom. The predicted octanol–water partition coefficient (Wildman–Crippen LogP) is 3.98. The third-order valence-electron chi connectivity index (χ3n) is 2.96. The van der Waals surface area contributed by atoms with Crippen LogP contribution in [0.1, 0.15) is 50.2 Å². The van der Waals surface area contributed by atoms with Gasteiger partial charge in [-0.1, -0.05) is 44.8 Å². The van der Waals surface area contributed by atoms with Crippen molar-refractivity contribution in [2.24, 2.45) is 5.73 Å². The van der Waals surface area contributed by atoms with Gasteiger partial charge in [-0.15, -0.1) is 0 Å². The first-order valence-electron chi connectivity index (χ1n) is 6.68. The summed E-state index contributed by atoms with van der Waals surface area (Å²) in [5.74, 6) is 0.936. The van der Waals surface area contributed by atoms with Crippen molar-refractivity contribution in [2.45, 2.75) is 46.0 Å². The number of hydrogen-bond acceptors (Lipinski definition) is 2. The lowest BCUT2D eigenvalue weighted by Gasteiger charge is -2.10. The first-order valence-corrected chi connectivity index (χ1v) is 7.09. The number of rotatable bonds is 8. The fraction of sp³-hybridized carbons (Fsp3) is 0.533. The molecule has 0 radical (unpaired) electrons. The summed E-state index contributed by atoms with van der Waals surface area (Å²) in [6, 6.07) is 5.85. The highest BCUT2D eigenvalue weighted by molar-refractivity contribution is 7.80. The maximum atomic E-state index is 5.77. The van der Waals surface area contributed by atoms with Gasteiger partial charge < -0.3 is 10.5 Å². The van der Waals surface area contributed by atoms with E-state index in [0.717, 1.165) is 29.9 Å². The molecule has 0 aliphatic carbocycles. The van der Waals surface area contributed by atoms with E-state index in [2.05, 4.69) is 6.92 Å². The summed E-state index contributed by atoms with van der Waals surface area (Å²) in [5, 5.41) is 0. The molecule has 1 aromatic rings. The molecule has 0 spiro atoms. The number of thiocarbonyl (C=S) groups is 1. The van der Waals surface area contributed by atoms with E-state index in [1.807, 2.05) is 25.1 Å². The molecule has 2 nitrogen and oxygen atoms in total. The molecule has 1 rings (SSSR count). The molecule has 3 heteroatoms. The first-order chi connectivity index (χ1) is 8.65. The van der Waals surface area contributed by atoms with E-state index in [9.17, 15) is 0 Å². The number of unbranched alkanes of at least 4 members (excludes halogenated alkanes) is 4. The van der Waals surface area contributed by atoms with Crippen LogP contribution in [0, 0.1) is 6.92 Å². The van der Waals surface area contributed by atoms with Gasteiger partial charge in [-0.3, -0.25) is 0 Å². The Hall–Kier alpha value is -1.09. The van der Waals surface area contributed by atoms with Crippen LogP contribution in [0.15, 0.2) is 18.2 Å². The van der Waals surface area contributed by atoms with E-state index in [0.29, 0.717) is 4.99 Å². The van der Waals surface area contributed by atoms with Crippen molar-refractivity contribution < 1.29 is 4.74 Å². The van der Waals surface area contributed by atoms with Gasteiger partial charge in [0.05, 0.1) is 6.61 Å². The number of ether oxygens (including phenoxy) is 1. The Morgan fingerprint density at radius 3 is 2.56 bits per heavy atom. The Balaban J connectivity index is 2.36. The maximum Gasteiger partial charge on any atom is 0.122 e. The summed E-state index contributed by atoms with van der Waals surface area (Å²) in [7, 11) is 0. The number of aryl methyl sites for hydroxylation is 1. The highest BCUT2D eigenvalue weighted by Crippen LogP contribution is 2.19. The SMILES string of the molecule is CCCCCCCOc1ccc(C(N)=S)cc1C. The zero-order chi connectivity index (χ0) is 13.4. The largest absolute Gasteiger partial charge is 0.493 e. The Morgan fingerprint density at radius 2 is 1.94 bits per heavy atom. The van der Waals surface area contributed by atoms with Gasteiger partial charge in [0.1, 0.15) is 10.7 Å². The highest BCUT2D eigenvalue weighted by atomic mass is 32.1. The molecule has 18 heavy (non-hydrogen) atoms. The Bertz CT molecular complexity index is 390. The number of benzene rings is 1. The second-order valence-electron chi connectivity index (χ2n) is 4.61. The first kappa shape index (κ1) is 15.0. The molecule has 0 aromatic heterocycles. The van der Waals surface area contributed by atoms with Crippen LogP contribution >= 0.6 is 12.2 Å².